The van der Waals surface area contributed by atoms with Crippen LogP contribution in [0.2, 0.25) is 0 Å². The summed E-state index contributed by atoms with van der Waals surface area (Å²) in [6.45, 7) is 16.1. The highest BCUT2D eigenvalue weighted by Crippen LogP contribution is 2.26. The average Bonchev–Trinajstić information content (AvgIpc) is 2.60. The summed E-state index contributed by atoms with van der Waals surface area (Å²) in [7, 11) is 0. The predicted molar refractivity (Wildman–Crippen MR) is 108 cm³/mol. The molecular weight excluding hydrogens is 304 g/mol. The van der Waals surface area contributed by atoms with Crippen LogP contribution in [0, 0.1) is 11.3 Å². The first-order valence-electron chi connectivity index (χ1n) is 8.31. The highest BCUT2D eigenvalue weighted by molar-refractivity contribution is 5.83. The van der Waals surface area contributed by atoms with Crippen molar-refractivity contribution < 1.29 is 0 Å². The van der Waals surface area contributed by atoms with E-state index >= 15 is 0 Å². The van der Waals surface area contributed by atoms with Crippen LogP contribution in [0.5, 0.6) is 0 Å². The van der Waals surface area contributed by atoms with Crippen LogP contribution in [0.15, 0.2) is 67.8 Å². The van der Waals surface area contributed by atoms with Gasteiger partial charge in [-0.15, -0.1) is 6.58 Å². The summed E-state index contributed by atoms with van der Waals surface area (Å²) in [5.74, 6) is 0. The van der Waals surface area contributed by atoms with Gasteiger partial charge in [0, 0.05) is 16.9 Å². The van der Waals surface area contributed by atoms with Crippen molar-refractivity contribution >= 4 is 17.0 Å². The molecule has 126 valence electrons. The van der Waals surface area contributed by atoms with Gasteiger partial charge >= 0.3 is 0 Å². The number of nitrogens with one attached hydrogen (secondary N) is 1. The van der Waals surface area contributed by atoms with E-state index in [0.29, 0.717) is 5.56 Å². The van der Waals surface area contributed by atoms with E-state index in [-0.39, 0.29) is 0 Å². The molecule has 0 aliphatic carbocycles. The minimum Gasteiger partial charge on any atom is -0.355 e. The fraction of sp³-hybridized carbons (Fsp3) is 0.174. The minimum atomic E-state index is 0.687. The molecule has 1 N–H and O–H groups in total. The topological polar surface area (TPSA) is 35.8 Å². The Bertz CT molecular complexity index is 866. The molecule has 2 rings (SSSR count). The van der Waals surface area contributed by atoms with Crippen molar-refractivity contribution in [2.24, 2.45) is 0 Å². The molecule has 0 amide bonds. The van der Waals surface area contributed by atoms with E-state index in [1.54, 1.807) is 0 Å². The third-order valence-corrected chi connectivity index (χ3v) is 4.06. The molecule has 0 bridgehead atoms. The van der Waals surface area contributed by atoms with Crippen LogP contribution < -0.4 is 5.32 Å². The first-order chi connectivity index (χ1) is 11.9. The van der Waals surface area contributed by atoms with Gasteiger partial charge in [-0.2, -0.15) is 5.26 Å². The lowest BCUT2D eigenvalue weighted by Crippen LogP contribution is -2.01. The molecule has 0 aliphatic heterocycles. The van der Waals surface area contributed by atoms with Gasteiger partial charge in [0.15, 0.2) is 0 Å². The van der Waals surface area contributed by atoms with E-state index in [1.165, 1.54) is 0 Å². The second-order valence-corrected chi connectivity index (χ2v) is 6.37. The van der Waals surface area contributed by atoms with E-state index in [4.69, 9.17) is 0 Å². The molecule has 0 spiro atoms. The van der Waals surface area contributed by atoms with Gasteiger partial charge in [-0.3, -0.25) is 0 Å². The Hall–Kier alpha value is -3.05. The molecule has 0 saturated heterocycles. The Morgan fingerprint density at radius 1 is 1.04 bits per heavy atom. The molecule has 0 atom stereocenters. The van der Waals surface area contributed by atoms with E-state index in [9.17, 15) is 5.26 Å². The third-order valence-electron chi connectivity index (χ3n) is 4.06. The predicted octanol–water partition coefficient (Wildman–Crippen LogP) is 6.18. The molecule has 0 saturated carbocycles. The molecule has 25 heavy (non-hydrogen) atoms. The summed E-state index contributed by atoms with van der Waals surface area (Å²) in [6, 6.07) is 16.2. The standard InChI is InChI=1S/C23H24N2/c1-16(2)10-11-19-12-13-21(14-20(19)15-24)25-18(5)23-9-7-6-8-22(23)17(3)4/h6-9,12-14,25H,1,3,5,10-11H2,2,4H3. The highest BCUT2D eigenvalue weighted by atomic mass is 14.9. The molecule has 0 radical (unpaired) electrons. The van der Waals surface area contributed by atoms with Crippen LogP contribution in [0.25, 0.3) is 11.3 Å². The van der Waals surface area contributed by atoms with Gasteiger partial charge in [-0.1, -0.05) is 54.6 Å². The number of aryl methyl sites for hydroxylation is 1. The van der Waals surface area contributed by atoms with Gasteiger partial charge in [0.2, 0.25) is 0 Å². The molecular formula is C23H24N2. The smallest absolute Gasteiger partial charge is 0.0995 e. The molecule has 0 aliphatic rings. The summed E-state index contributed by atoms with van der Waals surface area (Å²) in [5, 5.41) is 12.8. The lowest BCUT2D eigenvalue weighted by molar-refractivity contribution is 0.942. The molecule has 0 heterocycles. The summed E-state index contributed by atoms with van der Waals surface area (Å²) in [5.41, 5.74) is 7.58. The second-order valence-electron chi connectivity index (χ2n) is 6.37. The van der Waals surface area contributed by atoms with Gasteiger partial charge in [0.25, 0.3) is 0 Å². The minimum absolute atomic E-state index is 0.687. The largest absolute Gasteiger partial charge is 0.355 e. The second kappa shape index (κ2) is 8.17. The number of benzene rings is 2. The van der Waals surface area contributed by atoms with Crippen LogP contribution in [0.4, 0.5) is 5.69 Å². The zero-order valence-electron chi connectivity index (χ0n) is 15.0. The van der Waals surface area contributed by atoms with Crippen molar-refractivity contribution in [2.75, 3.05) is 5.32 Å². The number of hydrogen-bond acceptors (Lipinski definition) is 2. The van der Waals surface area contributed by atoms with Crippen molar-refractivity contribution in [1.82, 2.24) is 0 Å². The fourth-order valence-electron chi connectivity index (χ4n) is 2.68. The number of nitriles is 1. The van der Waals surface area contributed by atoms with Crippen LogP contribution in [0.3, 0.4) is 0 Å². The van der Waals surface area contributed by atoms with Gasteiger partial charge < -0.3 is 5.32 Å². The highest BCUT2D eigenvalue weighted by Gasteiger charge is 2.08. The van der Waals surface area contributed by atoms with Gasteiger partial charge in [0.05, 0.1) is 11.6 Å². The fourth-order valence-corrected chi connectivity index (χ4v) is 2.68. The van der Waals surface area contributed by atoms with E-state index in [2.05, 4.69) is 31.1 Å². The van der Waals surface area contributed by atoms with Crippen LogP contribution in [-0.4, -0.2) is 0 Å². The Balaban J connectivity index is 2.23. The molecule has 0 aromatic heterocycles. The van der Waals surface area contributed by atoms with Crippen LogP contribution >= 0.6 is 0 Å². The SMILES string of the molecule is C=C(C)CCc1ccc(NC(=C)c2ccccc2C(=C)C)cc1C#N. The van der Waals surface area contributed by atoms with Crippen molar-refractivity contribution in [3.63, 3.8) is 0 Å². The monoisotopic (exact) mass is 328 g/mol. The number of allylic oxidation sites excluding steroid dienone is 2. The van der Waals surface area contributed by atoms with E-state index < -0.39 is 0 Å². The molecule has 0 unspecified atom stereocenters. The van der Waals surface area contributed by atoms with Crippen LogP contribution in [0.1, 0.15) is 42.5 Å². The normalized spacial score (nSPS) is 9.96. The Labute approximate surface area is 150 Å². The lowest BCUT2D eigenvalue weighted by Gasteiger charge is -2.15. The number of nitrogens with zero attached hydrogens (tertiary/aromatic N) is 1. The summed E-state index contributed by atoms with van der Waals surface area (Å²) in [6.07, 6.45) is 1.72. The summed E-state index contributed by atoms with van der Waals surface area (Å²) in [4.78, 5) is 0. The summed E-state index contributed by atoms with van der Waals surface area (Å²) < 4.78 is 0. The maximum atomic E-state index is 9.44. The first-order valence-corrected chi connectivity index (χ1v) is 8.31. The molecule has 0 fully saturated rings. The molecule has 2 aromatic rings. The first kappa shape index (κ1) is 18.3. The molecule has 2 heteroatoms. The Kier molecular flexibility index (Phi) is 5.98. The van der Waals surface area contributed by atoms with Crippen LogP contribution in [-0.2, 0) is 6.42 Å². The van der Waals surface area contributed by atoms with Crippen molar-refractivity contribution in [1.29, 1.82) is 5.26 Å². The number of anilines is 1. The average molecular weight is 328 g/mol. The quantitative estimate of drug-likeness (QED) is 0.616. The van der Waals surface area contributed by atoms with Crippen molar-refractivity contribution in [3.05, 3.63) is 90.0 Å². The van der Waals surface area contributed by atoms with E-state index in [1.807, 2.05) is 56.3 Å². The third kappa shape index (κ3) is 4.71. The summed E-state index contributed by atoms with van der Waals surface area (Å²) >= 11 is 0. The Morgan fingerprint density at radius 2 is 1.72 bits per heavy atom. The van der Waals surface area contributed by atoms with Gasteiger partial charge in [0.1, 0.15) is 0 Å². The number of rotatable bonds is 7. The van der Waals surface area contributed by atoms with Crippen molar-refractivity contribution in [2.45, 2.75) is 26.7 Å². The Morgan fingerprint density at radius 3 is 2.32 bits per heavy atom. The maximum Gasteiger partial charge on any atom is 0.0995 e. The molecule has 2 nitrogen and oxygen atoms in total. The molecule has 2 aromatic carbocycles. The zero-order valence-corrected chi connectivity index (χ0v) is 15.0. The number of hydrogen-bond donors (Lipinski definition) is 1. The zero-order chi connectivity index (χ0) is 18.4. The lowest BCUT2D eigenvalue weighted by atomic mass is 9.99. The van der Waals surface area contributed by atoms with Gasteiger partial charge in [-0.25, -0.2) is 0 Å². The maximum absolute atomic E-state index is 9.44. The van der Waals surface area contributed by atoms with Gasteiger partial charge in [-0.05, 0) is 49.9 Å². The van der Waals surface area contributed by atoms with Crippen molar-refractivity contribution in [3.8, 4) is 6.07 Å². The van der Waals surface area contributed by atoms with E-state index in [0.717, 1.165) is 52.1 Å².